The molecule has 2 nitrogen and oxygen atoms in total. The van der Waals surface area contributed by atoms with Crippen LogP contribution in [0.5, 0.6) is 5.75 Å². The van der Waals surface area contributed by atoms with Gasteiger partial charge >= 0.3 is 0 Å². The Bertz CT molecular complexity index is 501. The number of rotatable bonds is 6. The minimum atomic E-state index is 0.336. The van der Waals surface area contributed by atoms with Gasteiger partial charge in [0.05, 0.1) is 0 Å². The van der Waals surface area contributed by atoms with E-state index in [2.05, 4.69) is 35.6 Å². The van der Waals surface area contributed by atoms with Crippen LogP contribution < -0.4 is 5.32 Å². The highest BCUT2D eigenvalue weighted by Gasteiger charge is 2.08. The average Bonchev–Trinajstić information content (AvgIpc) is 2.44. The van der Waals surface area contributed by atoms with Gasteiger partial charge in [0.1, 0.15) is 5.75 Å². The maximum absolute atomic E-state index is 9.48. The normalized spacial score (nSPS) is 12.3. The smallest absolute Gasteiger partial charge is 0.115 e. The molecule has 0 aliphatic carbocycles. The van der Waals surface area contributed by atoms with Gasteiger partial charge < -0.3 is 10.4 Å². The minimum absolute atomic E-state index is 0.336. The summed E-state index contributed by atoms with van der Waals surface area (Å²) in [6, 6.07) is 18.3. The predicted octanol–water partition coefficient (Wildman–Crippen LogP) is 3.32. The molecule has 1 unspecified atom stereocenters. The lowest BCUT2D eigenvalue weighted by Gasteiger charge is -2.16. The Balaban J connectivity index is 1.90. The van der Waals surface area contributed by atoms with Crippen LogP contribution in [0, 0.1) is 0 Å². The van der Waals surface area contributed by atoms with Crippen molar-refractivity contribution in [1.82, 2.24) is 5.32 Å². The third kappa shape index (κ3) is 4.62. The van der Waals surface area contributed by atoms with Crippen molar-refractivity contribution in [2.75, 3.05) is 12.8 Å². The van der Waals surface area contributed by atoms with Gasteiger partial charge in [-0.2, -0.15) is 0 Å². The summed E-state index contributed by atoms with van der Waals surface area (Å²) in [5.74, 6) is 1.35. The van der Waals surface area contributed by atoms with E-state index < -0.39 is 0 Å². The molecule has 19 heavy (non-hydrogen) atoms. The van der Waals surface area contributed by atoms with Crippen LogP contribution in [0.3, 0.4) is 0 Å². The summed E-state index contributed by atoms with van der Waals surface area (Å²) in [4.78, 5) is 1.29. The van der Waals surface area contributed by atoms with Crippen LogP contribution in [0.25, 0.3) is 0 Å². The number of aromatic hydroxyl groups is 1. The van der Waals surface area contributed by atoms with Crippen LogP contribution >= 0.6 is 11.8 Å². The number of thioether (sulfide) groups is 1. The molecule has 0 bridgehead atoms. The van der Waals surface area contributed by atoms with E-state index in [1.54, 1.807) is 6.07 Å². The molecule has 0 radical (unpaired) electrons. The Labute approximate surface area is 118 Å². The van der Waals surface area contributed by atoms with Gasteiger partial charge in [-0.25, -0.2) is 0 Å². The summed E-state index contributed by atoms with van der Waals surface area (Å²) in [6.45, 7) is 0. The summed E-state index contributed by atoms with van der Waals surface area (Å²) in [6.07, 6.45) is 0.921. The van der Waals surface area contributed by atoms with E-state index >= 15 is 0 Å². The third-order valence-electron chi connectivity index (χ3n) is 3.00. The first-order chi connectivity index (χ1) is 9.28. The van der Waals surface area contributed by atoms with Gasteiger partial charge in [0.2, 0.25) is 0 Å². The lowest BCUT2D eigenvalue weighted by molar-refractivity contribution is 0.474. The van der Waals surface area contributed by atoms with Crippen molar-refractivity contribution in [1.29, 1.82) is 0 Å². The molecule has 0 spiro atoms. The van der Waals surface area contributed by atoms with E-state index in [9.17, 15) is 5.11 Å². The Morgan fingerprint density at radius 3 is 2.58 bits per heavy atom. The zero-order valence-electron chi connectivity index (χ0n) is 11.0. The third-order valence-corrected chi connectivity index (χ3v) is 4.17. The standard InChI is InChI=1S/C16H19NOS/c1-17-14(10-13-6-5-7-15(18)11-13)12-19-16-8-3-2-4-9-16/h2-9,11,14,17-18H,10,12H2,1H3. The van der Waals surface area contributed by atoms with Crippen LogP contribution in [0.2, 0.25) is 0 Å². The van der Waals surface area contributed by atoms with Crippen LogP contribution in [-0.4, -0.2) is 23.9 Å². The molecule has 2 N–H and O–H groups in total. The predicted molar refractivity (Wildman–Crippen MR) is 81.8 cm³/mol. The van der Waals surface area contributed by atoms with Crippen molar-refractivity contribution in [3.63, 3.8) is 0 Å². The fraction of sp³-hybridized carbons (Fsp3) is 0.250. The zero-order chi connectivity index (χ0) is 13.5. The minimum Gasteiger partial charge on any atom is -0.508 e. The molecule has 0 saturated carbocycles. The number of nitrogens with one attached hydrogen (secondary N) is 1. The van der Waals surface area contributed by atoms with E-state index in [1.807, 2.05) is 37.0 Å². The molecule has 0 amide bonds. The lowest BCUT2D eigenvalue weighted by atomic mass is 10.1. The maximum atomic E-state index is 9.48. The van der Waals surface area contributed by atoms with Gasteiger partial charge in [0.15, 0.2) is 0 Å². The van der Waals surface area contributed by atoms with Gasteiger partial charge in [-0.1, -0.05) is 30.3 Å². The number of benzene rings is 2. The average molecular weight is 273 g/mol. The summed E-state index contributed by atoms with van der Waals surface area (Å²) < 4.78 is 0. The molecule has 100 valence electrons. The number of phenolic OH excluding ortho intramolecular Hbond substituents is 1. The zero-order valence-corrected chi connectivity index (χ0v) is 11.9. The number of hydrogen-bond donors (Lipinski definition) is 2. The van der Waals surface area contributed by atoms with E-state index in [-0.39, 0.29) is 0 Å². The van der Waals surface area contributed by atoms with Crippen molar-refractivity contribution in [2.45, 2.75) is 17.4 Å². The highest BCUT2D eigenvalue weighted by atomic mass is 32.2. The second-order valence-corrected chi connectivity index (χ2v) is 5.58. The second kappa shape index (κ2) is 7.22. The molecule has 2 aromatic rings. The second-order valence-electron chi connectivity index (χ2n) is 4.48. The molecule has 3 heteroatoms. The molecule has 0 aromatic heterocycles. The quantitative estimate of drug-likeness (QED) is 0.792. The molecule has 0 aliphatic rings. The van der Waals surface area contributed by atoms with Gasteiger partial charge in [0.25, 0.3) is 0 Å². The molecule has 0 aliphatic heterocycles. The topological polar surface area (TPSA) is 32.3 Å². The number of hydrogen-bond acceptors (Lipinski definition) is 3. The van der Waals surface area contributed by atoms with Crippen molar-refractivity contribution in [3.8, 4) is 5.75 Å². The Morgan fingerprint density at radius 2 is 1.89 bits per heavy atom. The molecular formula is C16H19NOS. The van der Waals surface area contributed by atoms with Crippen molar-refractivity contribution in [3.05, 3.63) is 60.2 Å². The van der Waals surface area contributed by atoms with Crippen LogP contribution in [-0.2, 0) is 6.42 Å². The first-order valence-electron chi connectivity index (χ1n) is 6.41. The monoisotopic (exact) mass is 273 g/mol. The summed E-state index contributed by atoms with van der Waals surface area (Å²) in [7, 11) is 1.99. The molecule has 2 rings (SSSR count). The molecule has 0 fully saturated rings. The first kappa shape index (κ1) is 14.0. The van der Waals surface area contributed by atoms with Crippen molar-refractivity contribution in [2.24, 2.45) is 0 Å². The molecular weight excluding hydrogens is 254 g/mol. The highest BCUT2D eigenvalue weighted by Crippen LogP contribution is 2.20. The molecule has 1 atom stereocenters. The van der Waals surface area contributed by atoms with E-state index in [1.165, 1.54) is 4.90 Å². The first-order valence-corrected chi connectivity index (χ1v) is 7.39. The number of phenols is 1. The number of likely N-dealkylation sites (N-methyl/N-ethyl adjacent to an activating group) is 1. The van der Waals surface area contributed by atoms with Gasteiger partial charge in [-0.05, 0) is 43.3 Å². The summed E-state index contributed by atoms with van der Waals surface area (Å²) in [5, 5.41) is 12.8. The SMILES string of the molecule is CNC(CSc1ccccc1)Cc1cccc(O)c1. The summed E-state index contributed by atoms with van der Waals surface area (Å²) >= 11 is 1.85. The summed E-state index contributed by atoms with van der Waals surface area (Å²) in [5.41, 5.74) is 1.16. The Morgan fingerprint density at radius 1 is 1.11 bits per heavy atom. The van der Waals surface area contributed by atoms with E-state index in [0.29, 0.717) is 11.8 Å². The Hall–Kier alpha value is -1.45. The van der Waals surface area contributed by atoms with Gasteiger partial charge in [-0.3, -0.25) is 0 Å². The lowest BCUT2D eigenvalue weighted by Crippen LogP contribution is -2.30. The molecule has 0 heterocycles. The van der Waals surface area contributed by atoms with Crippen LogP contribution in [0.15, 0.2) is 59.5 Å². The highest BCUT2D eigenvalue weighted by molar-refractivity contribution is 7.99. The van der Waals surface area contributed by atoms with Crippen LogP contribution in [0.4, 0.5) is 0 Å². The largest absolute Gasteiger partial charge is 0.508 e. The molecule has 0 saturated heterocycles. The van der Waals surface area contributed by atoms with Crippen LogP contribution in [0.1, 0.15) is 5.56 Å². The maximum Gasteiger partial charge on any atom is 0.115 e. The molecule has 2 aromatic carbocycles. The van der Waals surface area contributed by atoms with E-state index in [0.717, 1.165) is 17.7 Å². The van der Waals surface area contributed by atoms with E-state index in [4.69, 9.17) is 0 Å². The van der Waals surface area contributed by atoms with Gasteiger partial charge in [-0.15, -0.1) is 11.8 Å². The fourth-order valence-electron chi connectivity index (χ4n) is 1.93. The van der Waals surface area contributed by atoms with Crippen molar-refractivity contribution >= 4 is 11.8 Å². The van der Waals surface area contributed by atoms with Gasteiger partial charge in [0, 0.05) is 16.7 Å². The fourth-order valence-corrected chi connectivity index (χ4v) is 2.95. The van der Waals surface area contributed by atoms with Crippen molar-refractivity contribution < 1.29 is 5.11 Å². The Kier molecular flexibility index (Phi) is 5.31.